The molecule has 1 nitrogen and oxygen atoms in total. The summed E-state index contributed by atoms with van der Waals surface area (Å²) in [5.41, 5.74) is 0. The summed E-state index contributed by atoms with van der Waals surface area (Å²) in [6.07, 6.45) is 10.1. The maximum Gasteiger partial charge on any atom is 0.462 e. The molecule has 0 radical (unpaired) electrons. The van der Waals surface area contributed by atoms with Crippen LogP contribution in [0, 0.1) is 11.8 Å². The minimum atomic E-state index is -4.82. The second-order valence-electron chi connectivity index (χ2n) is 5.77. The fourth-order valence-corrected chi connectivity index (χ4v) is 2.27. The van der Waals surface area contributed by atoms with Crippen molar-refractivity contribution >= 4 is 5.78 Å². The number of alkyl halides is 3. The van der Waals surface area contributed by atoms with Crippen LogP contribution in [0.4, 0.5) is 13.2 Å². The van der Waals surface area contributed by atoms with Crippen LogP contribution in [0.1, 0.15) is 90.4 Å². The number of carbonyl (C=O) groups is 1. The van der Waals surface area contributed by atoms with Crippen LogP contribution in [-0.4, -0.2) is 12.0 Å². The van der Waals surface area contributed by atoms with Gasteiger partial charge in [0.2, 0.25) is 0 Å². The van der Waals surface area contributed by atoms with Crippen molar-refractivity contribution in [2.24, 2.45) is 0 Å². The molecule has 128 valence electrons. The average molecular weight is 318 g/mol. The van der Waals surface area contributed by atoms with Gasteiger partial charge in [-0.1, -0.05) is 83.5 Å². The highest BCUT2D eigenvalue weighted by Crippen LogP contribution is 2.15. The van der Waals surface area contributed by atoms with Crippen LogP contribution in [0.15, 0.2) is 0 Å². The standard InChI is InChI=1S/C18H29F3O/c1-2-3-4-5-6-7-8-9-10-11-12-13-14-15-16-17(22)18(19,20)21/h2-14H2,1H3. The van der Waals surface area contributed by atoms with Crippen molar-refractivity contribution in [3.63, 3.8) is 0 Å². The van der Waals surface area contributed by atoms with E-state index in [0.29, 0.717) is 6.42 Å². The van der Waals surface area contributed by atoms with E-state index in [4.69, 9.17) is 0 Å². The topological polar surface area (TPSA) is 17.1 Å². The number of hydrogen-bond acceptors (Lipinski definition) is 1. The highest BCUT2D eigenvalue weighted by molar-refractivity contribution is 5.99. The van der Waals surface area contributed by atoms with Crippen LogP contribution in [0.25, 0.3) is 0 Å². The molecule has 0 bridgehead atoms. The number of hydrogen-bond donors (Lipinski definition) is 0. The second-order valence-corrected chi connectivity index (χ2v) is 5.77. The summed E-state index contributed by atoms with van der Waals surface area (Å²) in [4.78, 5) is 10.5. The average Bonchev–Trinajstić information content (AvgIpc) is 2.46. The van der Waals surface area contributed by atoms with E-state index < -0.39 is 12.0 Å². The summed E-state index contributed by atoms with van der Waals surface area (Å²) >= 11 is 0. The van der Waals surface area contributed by atoms with E-state index in [9.17, 15) is 18.0 Å². The summed E-state index contributed by atoms with van der Waals surface area (Å²) < 4.78 is 35.6. The number of unbranched alkanes of at least 4 members (excludes halogenated alkanes) is 12. The van der Waals surface area contributed by atoms with Gasteiger partial charge in [0, 0.05) is 6.42 Å². The lowest BCUT2D eigenvalue weighted by Gasteiger charge is -2.02. The van der Waals surface area contributed by atoms with Crippen molar-refractivity contribution in [3.8, 4) is 11.8 Å². The highest BCUT2D eigenvalue weighted by atomic mass is 19.4. The zero-order chi connectivity index (χ0) is 16.7. The lowest BCUT2D eigenvalue weighted by molar-refractivity contribution is -0.164. The SMILES string of the molecule is CCCCCCCCCCCCCCC#CC(=O)C(F)(F)F. The minimum Gasteiger partial charge on any atom is -0.275 e. The third-order valence-corrected chi connectivity index (χ3v) is 3.61. The zero-order valence-corrected chi connectivity index (χ0v) is 13.7. The molecule has 0 aromatic rings. The van der Waals surface area contributed by atoms with Crippen LogP contribution in [0.3, 0.4) is 0 Å². The van der Waals surface area contributed by atoms with Crippen molar-refractivity contribution in [2.75, 3.05) is 0 Å². The molecule has 0 aromatic heterocycles. The van der Waals surface area contributed by atoms with Gasteiger partial charge in [0.05, 0.1) is 0 Å². The van der Waals surface area contributed by atoms with Gasteiger partial charge in [0.15, 0.2) is 0 Å². The van der Waals surface area contributed by atoms with Crippen molar-refractivity contribution in [1.82, 2.24) is 0 Å². The van der Waals surface area contributed by atoms with Gasteiger partial charge in [-0.15, -0.1) is 0 Å². The summed E-state index contributed by atoms with van der Waals surface area (Å²) in [7, 11) is 0. The van der Waals surface area contributed by atoms with Crippen molar-refractivity contribution in [2.45, 2.75) is 96.6 Å². The van der Waals surface area contributed by atoms with Gasteiger partial charge in [-0.25, -0.2) is 0 Å². The lowest BCUT2D eigenvalue weighted by atomic mass is 10.0. The molecule has 0 aromatic carbocycles. The van der Waals surface area contributed by atoms with Crippen LogP contribution < -0.4 is 0 Å². The predicted molar refractivity (Wildman–Crippen MR) is 84.5 cm³/mol. The van der Waals surface area contributed by atoms with Gasteiger partial charge in [0.25, 0.3) is 0 Å². The number of ketones is 1. The molecule has 0 spiro atoms. The molecule has 0 saturated carbocycles. The molecular weight excluding hydrogens is 289 g/mol. The first-order valence-corrected chi connectivity index (χ1v) is 8.58. The molecular formula is C18H29F3O. The molecule has 0 rings (SSSR count). The Labute approximate surface area is 133 Å². The highest BCUT2D eigenvalue weighted by Gasteiger charge is 2.36. The van der Waals surface area contributed by atoms with E-state index >= 15 is 0 Å². The molecule has 0 unspecified atom stereocenters. The summed E-state index contributed by atoms with van der Waals surface area (Å²) in [5, 5.41) is 0. The molecule has 0 heterocycles. The Morgan fingerprint density at radius 2 is 1.18 bits per heavy atom. The molecule has 0 atom stereocenters. The van der Waals surface area contributed by atoms with Gasteiger partial charge in [-0.2, -0.15) is 13.2 Å². The molecule has 0 aliphatic carbocycles. The summed E-state index contributed by atoms with van der Waals surface area (Å²) in [6.45, 7) is 2.22. The van der Waals surface area contributed by atoms with Gasteiger partial charge in [0.1, 0.15) is 0 Å². The molecule has 0 aliphatic rings. The van der Waals surface area contributed by atoms with Gasteiger partial charge >= 0.3 is 12.0 Å². The molecule has 0 amide bonds. The van der Waals surface area contributed by atoms with E-state index in [1.165, 1.54) is 57.8 Å². The first kappa shape index (κ1) is 21.0. The first-order chi connectivity index (χ1) is 10.5. The minimum absolute atomic E-state index is 0.374. The molecule has 22 heavy (non-hydrogen) atoms. The van der Waals surface area contributed by atoms with Crippen molar-refractivity contribution < 1.29 is 18.0 Å². The first-order valence-electron chi connectivity index (χ1n) is 8.58. The van der Waals surface area contributed by atoms with Crippen LogP contribution >= 0.6 is 0 Å². The third-order valence-electron chi connectivity index (χ3n) is 3.61. The van der Waals surface area contributed by atoms with Crippen LogP contribution in [0.5, 0.6) is 0 Å². The van der Waals surface area contributed by atoms with Crippen LogP contribution in [-0.2, 0) is 4.79 Å². The molecule has 0 saturated heterocycles. The third kappa shape index (κ3) is 14.0. The summed E-state index contributed by atoms with van der Waals surface area (Å²) in [6, 6.07) is 0. The van der Waals surface area contributed by atoms with Crippen molar-refractivity contribution in [1.29, 1.82) is 0 Å². The smallest absolute Gasteiger partial charge is 0.275 e. The Kier molecular flexibility index (Phi) is 13.1. The Morgan fingerprint density at radius 3 is 1.59 bits per heavy atom. The number of rotatable bonds is 12. The van der Waals surface area contributed by atoms with E-state index in [0.717, 1.165) is 19.3 Å². The quantitative estimate of drug-likeness (QED) is 0.237. The molecule has 0 aliphatic heterocycles. The molecule has 4 heteroatoms. The maximum absolute atomic E-state index is 11.9. The number of halogens is 3. The van der Waals surface area contributed by atoms with E-state index in [-0.39, 0.29) is 0 Å². The lowest BCUT2D eigenvalue weighted by Crippen LogP contribution is -2.20. The Morgan fingerprint density at radius 1 is 0.773 bits per heavy atom. The Hall–Kier alpha value is -0.980. The van der Waals surface area contributed by atoms with Gasteiger partial charge in [-0.05, 0) is 12.3 Å². The maximum atomic E-state index is 11.9. The van der Waals surface area contributed by atoms with Crippen molar-refractivity contribution in [3.05, 3.63) is 0 Å². The van der Waals surface area contributed by atoms with E-state index in [2.05, 4.69) is 12.8 Å². The van der Waals surface area contributed by atoms with Crippen LogP contribution in [0.2, 0.25) is 0 Å². The molecule has 0 N–H and O–H groups in total. The van der Waals surface area contributed by atoms with E-state index in [1.807, 2.05) is 0 Å². The second kappa shape index (κ2) is 13.7. The predicted octanol–water partition coefficient (Wildman–Crippen LogP) is 6.21. The molecule has 0 fully saturated rings. The Bertz CT molecular complexity index is 336. The number of Topliss-reactive ketones (excluding diaryl/α,β-unsaturated/α-hetero) is 1. The zero-order valence-electron chi connectivity index (χ0n) is 13.7. The monoisotopic (exact) mass is 318 g/mol. The Balaban J connectivity index is 3.28. The normalized spacial score (nSPS) is 11.1. The van der Waals surface area contributed by atoms with E-state index in [1.54, 1.807) is 5.92 Å². The largest absolute Gasteiger partial charge is 0.462 e. The number of carbonyl (C=O) groups excluding carboxylic acids is 1. The summed E-state index contributed by atoms with van der Waals surface area (Å²) in [5.74, 6) is 2.02. The fourth-order valence-electron chi connectivity index (χ4n) is 2.27. The van der Waals surface area contributed by atoms with Gasteiger partial charge < -0.3 is 0 Å². The fraction of sp³-hybridized carbons (Fsp3) is 0.833. The van der Waals surface area contributed by atoms with Gasteiger partial charge in [-0.3, -0.25) is 4.79 Å².